The van der Waals surface area contributed by atoms with Crippen LogP contribution < -0.4 is 11.1 Å². The average molecular weight is 153 g/mol. The second-order valence-electron chi connectivity index (χ2n) is 2.89. The summed E-state index contributed by atoms with van der Waals surface area (Å²) in [6.07, 6.45) is 2.75. The van der Waals surface area contributed by atoms with Crippen LogP contribution >= 0.6 is 0 Å². The van der Waals surface area contributed by atoms with Crippen molar-refractivity contribution in [1.29, 1.82) is 0 Å². The van der Waals surface area contributed by atoms with E-state index in [9.17, 15) is 0 Å². The van der Waals surface area contributed by atoms with Crippen LogP contribution in [-0.4, -0.2) is 27.1 Å². The molecule has 11 heavy (non-hydrogen) atoms. The fourth-order valence-electron chi connectivity index (χ4n) is 0.991. The van der Waals surface area contributed by atoms with Crippen molar-refractivity contribution in [3.63, 3.8) is 0 Å². The normalized spacial score (nSPS) is 28.5. The fourth-order valence-corrected chi connectivity index (χ4v) is 0.991. The Kier molecular flexibility index (Phi) is 1.32. The Bertz CT molecular complexity index is 255. The monoisotopic (exact) mass is 153 g/mol. The van der Waals surface area contributed by atoms with Crippen LogP contribution in [-0.2, 0) is 7.05 Å². The molecule has 0 aromatic carbocycles. The zero-order valence-corrected chi connectivity index (χ0v) is 6.36. The van der Waals surface area contributed by atoms with Gasteiger partial charge in [-0.3, -0.25) is 0 Å². The van der Waals surface area contributed by atoms with Gasteiger partial charge in [-0.25, -0.2) is 4.68 Å². The predicted octanol–water partition coefficient (Wildman–Crippen LogP) is -0.673. The van der Waals surface area contributed by atoms with Crippen LogP contribution in [0.2, 0.25) is 0 Å². The molecule has 1 aromatic rings. The maximum absolute atomic E-state index is 5.62. The maximum atomic E-state index is 5.62. The number of hydrogen-bond donors (Lipinski definition) is 2. The lowest BCUT2D eigenvalue weighted by Gasteiger charge is -2.01. The predicted molar refractivity (Wildman–Crippen MR) is 41.0 cm³/mol. The Morgan fingerprint density at radius 3 is 3.00 bits per heavy atom. The molecule has 1 heterocycles. The van der Waals surface area contributed by atoms with Crippen LogP contribution in [0.4, 0.5) is 5.82 Å². The smallest absolute Gasteiger partial charge is 0.144 e. The molecule has 1 aromatic heterocycles. The SMILES string of the molecule is Cn1nncc1NC1CC1N. The van der Waals surface area contributed by atoms with Crippen LogP contribution in [0.5, 0.6) is 0 Å². The molecule has 2 unspecified atom stereocenters. The zero-order valence-electron chi connectivity index (χ0n) is 6.36. The molecular formula is C6H11N5. The number of aryl methyl sites for hydroxylation is 1. The Balaban J connectivity index is 2.01. The molecule has 0 spiro atoms. The zero-order chi connectivity index (χ0) is 7.84. The number of anilines is 1. The highest BCUT2D eigenvalue weighted by atomic mass is 15.4. The van der Waals surface area contributed by atoms with Crippen molar-refractivity contribution in [1.82, 2.24) is 15.0 Å². The first kappa shape index (κ1) is 6.60. The Morgan fingerprint density at radius 2 is 2.55 bits per heavy atom. The van der Waals surface area contributed by atoms with Gasteiger partial charge in [0, 0.05) is 19.1 Å². The summed E-state index contributed by atoms with van der Waals surface area (Å²) >= 11 is 0. The van der Waals surface area contributed by atoms with Gasteiger partial charge in [-0.15, -0.1) is 5.10 Å². The Morgan fingerprint density at radius 1 is 1.82 bits per heavy atom. The molecule has 0 amide bonds. The van der Waals surface area contributed by atoms with E-state index in [2.05, 4.69) is 15.6 Å². The molecule has 1 saturated carbocycles. The lowest BCUT2D eigenvalue weighted by Crippen LogP contribution is -2.15. The number of hydrogen-bond acceptors (Lipinski definition) is 4. The topological polar surface area (TPSA) is 68.8 Å². The van der Waals surface area contributed by atoms with Gasteiger partial charge in [0.1, 0.15) is 5.82 Å². The fraction of sp³-hybridized carbons (Fsp3) is 0.667. The van der Waals surface area contributed by atoms with Crippen molar-refractivity contribution in [2.45, 2.75) is 18.5 Å². The molecule has 1 aliphatic rings. The van der Waals surface area contributed by atoms with E-state index in [4.69, 9.17) is 5.73 Å². The van der Waals surface area contributed by atoms with E-state index in [1.807, 2.05) is 7.05 Å². The summed E-state index contributed by atoms with van der Waals surface area (Å²) in [4.78, 5) is 0. The van der Waals surface area contributed by atoms with E-state index in [0.29, 0.717) is 12.1 Å². The number of aromatic nitrogens is 3. The highest BCUT2D eigenvalue weighted by Gasteiger charge is 2.33. The van der Waals surface area contributed by atoms with E-state index >= 15 is 0 Å². The maximum Gasteiger partial charge on any atom is 0.144 e. The van der Waals surface area contributed by atoms with Gasteiger partial charge in [-0.05, 0) is 6.42 Å². The second kappa shape index (κ2) is 2.20. The minimum atomic E-state index is 0.310. The third-order valence-electron chi connectivity index (χ3n) is 1.89. The van der Waals surface area contributed by atoms with Crippen LogP contribution in [0.25, 0.3) is 0 Å². The van der Waals surface area contributed by atoms with Crippen molar-refractivity contribution in [2.75, 3.05) is 5.32 Å². The minimum absolute atomic E-state index is 0.310. The summed E-state index contributed by atoms with van der Waals surface area (Å²) in [7, 11) is 1.85. The van der Waals surface area contributed by atoms with Gasteiger partial charge < -0.3 is 11.1 Å². The minimum Gasteiger partial charge on any atom is -0.365 e. The van der Waals surface area contributed by atoms with E-state index in [-0.39, 0.29) is 0 Å². The summed E-state index contributed by atoms with van der Waals surface area (Å²) in [5.41, 5.74) is 5.62. The van der Waals surface area contributed by atoms with E-state index in [0.717, 1.165) is 12.2 Å². The number of nitrogens with one attached hydrogen (secondary N) is 1. The molecule has 1 fully saturated rings. The van der Waals surface area contributed by atoms with Gasteiger partial charge in [0.15, 0.2) is 0 Å². The molecule has 60 valence electrons. The first-order valence-electron chi connectivity index (χ1n) is 3.64. The van der Waals surface area contributed by atoms with Crippen molar-refractivity contribution in [3.05, 3.63) is 6.20 Å². The molecule has 0 radical (unpaired) electrons. The summed E-state index contributed by atoms with van der Waals surface area (Å²) in [6, 6.07) is 0.733. The summed E-state index contributed by atoms with van der Waals surface area (Å²) in [5.74, 6) is 0.933. The number of nitrogens with two attached hydrogens (primary N) is 1. The van der Waals surface area contributed by atoms with Gasteiger partial charge in [-0.1, -0.05) is 5.21 Å². The van der Waals surface area contributed by atoms with Gasteiger partial charge in [-0.2, -0.15) is 0 Å². The molecule has 0 saturated heterocycles. The first-order valence-corrected chi connectivity index (χ1v) is 3.64. The first-order chi connectivity index (χ1) is 5.27. The number of rotatable bonds is 2. The summed E-state index contributed by atoms with van der Waals surface area (Å²) in [5, 5.41) is 10.7. The van der Waals surface area contributed by atoms with Crippen LogP contribution in [0.1, 0.15) is 6.42 Å². The molecule has 1 aliphatic carbocycles. The van der Waals surface area contributed by atoms with Gasteiger partial charge in [0.05, 0.1) is 6.20 Å². The number of nitrogens with zero attached hydrogens (tertiary/aromatic N) is 3. The lowest BCUT2D eigenvalue weighted by molar-refractivity contribution is 0.716. The van der Waals surface area contributed by atoms with Crippen molar-refractivity contribution >= 4 is 5.82 Å². The van der Waals surface area contributed by atoms with Crippen LogP contribution in [0.15, 0.2) is 6.20 Å². The Hall–Kier alpha value is -1.10. The highest BCUT2D eigenvalue weighted by molar-refractivity contribution is 5.35. The quantitative estimate of drug-likeness (QED) is 0.591. The molecule has 5 nitrogen and oxygen atoms in total. The molecule has 3 N–H and O–H groups in total. The summed E-state index contributed by atoms with van der Waals surface area (Å²) in [6.45, 7) is 0. The van der Waals surface area contributed by atoms with Crippen LogP contribution in [0.3, 0.4) is 0 Å². The summed E-state index contributed by atoms with van der Waals surface area (Å²) < 4.78 is 1.70. The molecule has 2 atom stereocenters. The van der Waals surface area contributed by atoms with E-state index < -0.39 is 0 Å². The lowest BCUT2D eigenvalue weighted by atomic mass is 10.6. The molecular weight excluding hydrogens is 142 g/mol. The molecule has 2 rings (SSSR count). The van der Waals surface area contributed by atoms with Crippen molar-refractivity contribution in [2.24, 2.45) is 12.8 Å². The van der Waals surface area contributed by atoms with Gasteiger partial charge in [0.2, 0.25) is 0 Å². The molecule has 0 aliphatic heterocycles. The standard InChI is InChI=1S/C6H11N5/c1-11-6(3-8-10-11)9-5-2-4(5)7/h3-5,9H,2,7H2,1H3. The van der Waals surface area contributed by atoms with E-state index in [1.165, 1.54) is 0 Å². The van der Waals surface area contributed by atoms with E-state index in [1.54, 1.807) is 10.9 Å². The highest BCUT2D eigenvalue weighted by Crippen LogP contribution is 2.22. The average Bonchev–Trinajstić information content (AvgIpc) is 2.48. The van der Waals surface area contributed by atoms with Crippen LogP contribution in [0, 0.1) is 0 Å². The molecule has 0 bridgehead atoms. The van der Waals surface area contributed by atoms with Crippen molar-refractivity contribution in [3.8, 4) is 0 Å². The van der Waals surface area contributed by atoms with Crippen molar-refractivity contribution < 1.29 is 0 Å². The largest absolute Gasteiger partial charge is 0.365 e. The molecule has 5 heteroatoms. The third-order valence-corrected chi connectivity index (χ3v) is 1.89. The second-order valence-corrected chi connectivity index (χ2v) is 2.89. The van der Waals surface area contributed by atoms with Gasteiger partial charge >= 0.3 is 0 Å². The Labute approximate surface area is 64.6 Å². The third kappa shape index (κ3) is 1.19. The van der Waals surface area contributed by atoms with Gasteiger partial charge in [0.25, 0.3) is 0 Å².